The first-order chi connectivity index (χ1) is 15.5. The predicted octanol–water partition coefficient (Wildman–Crippen LogP) is 4.14. The Hall–Kier alpha value is -3.41. The van der Waals surface area contributed by atoms with Gasteiger partial charge in [-0.15, -0.1) is 0 Å². The Morgan fingerprint density at radius 1 is 1.06 bits per heavy atom. The molecule has 2 heterocycles. The van der Waals surface area contributed by atoms with Crippen LogP contribution in [-0.4, -0.2) is 41.5 Å². The van der Waals surface area contributed by atoms with E-state index < -0.39 is 0 Å². The number of nitrogens with zero attached hydrogens (tertiary/aromatic N) is 3. The summed E-state index contributed by atoms with van der Waals surface area (Å²) in [7, 11) is 1.66. The highest BCUT2D eigenvalue weighted by molar-refractivity contribution is 5.58. The monoisotopic (exact) mass is 431 g/mol. The van der Waals surface area contributed by atoms with Crippen molar-refractivity contribution < 1.29 is 14.3 Å². The average Bonchev–Trinajstić information content (AvgIpc) is 2.79. The van der Waals surface area contributed by atoms with Crippen LogP contribution in [0.25, 0.3) is 0 Å². The van der Waals surface area contributed by atoms with Crippen LogP contribution in [0.4, 0.5) is 0 Å². The number of hydrogen-bond donors (Lipinski definition) is 0. The SMILES string of the molecule is COc1cc2c(cc1OCCc1nccnc1C)C(c1ccc(C)cc1C)N(C=O)CC2. The van der Waals surface area contributed by atoms with Crippen molar-refractivity contribution in [2.75, 3.05) is 20.3 Å². The lowest BCUT2D eigenvalue weighted by Crippen LogP contribution is -2.35. The van der Waals surface area contributed by atoms with Crippen molar-refractivity contribution in [2.24, 2.45) is 0 Å². The van der Waals surface area contributed by atoms with E-state index in [9.17, 15) is 4.79 Å². The van der Waals surface area contributed by atoms with E-state index in [4.69, 9.17) is 9.47 Å². The van der Waals surface area contributed by atoms with Gasteiger partial charge in [-0.05, 0) is 61.6 Å². The van der Waals surface area contributed by atoms with Gasteiger partial charge in [-0.25, -0.2) is 0 Å². The largest absolute Gasteiger partial charge is 0.493 e. The summed E-state index contributed by atoms with van der Waals surface area (Å²) in [5.41, 5.74) is 7.61. The number of benzene rings is 2. The highest BCUT2D eigenvalue weighted by Gasteiger charge is 2.30. The molecule has 1 unspecified atom stereocenters. The number of fused-ring (bicyclic) bond motifs is 1. The number of methoxy groups -OCH3 is 1. The second-order valence-corrected chi connectivity index (χ2v) is 8.24. The molecule has 0 fully saturated rings. The number of carbonyl (C=O) groups excluding carboxylic acids is 1. The Morgan fingerprint density at radius 2 is 1.88 bits per heavy atom. The Balaban J connectivity index is 1.68. The van der Waals surface area contributed by atoms with Crippen LogP contribution in [0, 0.1) is 20.8 Å². The third kappa shape index (κ3) is 4.31. The average molecular weight is 432 g/mol. The van der Waals surface area contributed by atoms with Crippen molar-refractivity contribution in [1.29, 1.82) is 0 Å². The molecule has 6 heteroatoms. The third-order valence-corrected chi connectivity index (χ3v) is 6.13. The minimum Gasteiger partial charge on any atom is -0.493 e. The van der Waals surface area contributed by atoms with Gasteiger partial charge in [0.25, 0.3) is 0 Å². The first kappa shape index (κ1) is 21.8. The van der Waals surface area contributed by atoms with Crippen LogP contribution in [0.1, 0.15) is 45.2 Å². The summed E-state index contributed by atoms with van der Waals surface area (Å²) in [5, 5.41) is 0. The zero-order valence-corrected chi connectivity index (χ0v) is 19.1. The molecule has 166 valence electrons. The van der Waals surface area contributed by atoms with Crippen molar-refractivity contribution in [3.8, 4) is 11.5 Å². The molecule has 0 N–H and O–H groups in total. The summed E-state index contributed by atoms with van der Waals surface area (Å²) in [6.07, 6.45) is 5.78. The van der Waals surface area contributed by atoms with Crippen molar-refractivity contribution in [1.82, 2.24) is 14.9 Å². The fourth-order valence-corrected chi connectivity index (χ4v) is 4.45. The van der Waals surface area contributed by atoms with Crippen molar-refractivity contribution >= 4 is 6.41 Å². The van der Waals surface area contributed by atoms with Gasteiger partial charge in [-0.3, -0.25) is 14.8 Å². The lowest BCUT2D eigenvalue weighted by Gasteiger charge is -2.36. The highest BCUT2D eigenvalue weighted by Crippen LogP contribution is 2.41. The molecule has 0 spiro atoms. The molecule has 0 saturated heterocycles. The van der Waals surface area contributed by atoms with Gasteiger partial charge in [0.15, 0.2) is 11.5 Å². The summed E-state index contributed by atoms with van der Waals surface area (Å²) in [4.78, 5) is 22.5. The van der Waals surface area contributed by atoms with Crippen LogP contribution < -0.4 is 9.47 Å². The molecule has 1 amide bonds. The van der Waals surface area contributed by atoms with Crippen molar-refractivity contribution in [2.45, 2.75) is 39.7 Å². The van der Waals surface area contributed by atoms with Gasteiger partial charge in [0, 0.05) is 25.4 Å². The molecule has 0 aliphatic carbocycles. The maximum absolute atomic E-state index is 12.0. The standard InChI is InChI=1S/C26H29N3O3/c1-17-5-6-21(18(2)13-17)26-22-15-25(32-12-8-23-19(3)27-9-10-28-23)24(31-4)14-20(22)7-11-29(26)16-30/h5-6,9-10,13-16,26H,7-8,11-12H2,1-4H3. The number of rotatable bonds is 7. The summed E-state index contributed by atoms with van der Waals surface area (Å²) in [6.45, 7) is 7.26. The maximum atomic E-state index is 12.0. The smallest absolute Gasteiger partial charge is 0.210 e. The summed E-state index contributed by atoms with van der Waals surface area (Å²) >= 11 is 0. The van der Waals surface area contributed by atoms with E-state index in [1.54, 1.807) is 19.5 Å². The summed E-state index contributed by atoms with van der Waals surface area (Å²) in [5.74, 6) is 1.38. The number of hydrogen-bond acceptors (Lipinski definition) is 5. The third-order valence-electron chi connectivity index (χ3n) is 6.13. The number of carbonyl (C=O) groups is 1. The number of aromatic nitrogens is 2. The molecule has 0 saturated carbocycles. The molecule has 1 aliphatic rings. The molecule has 32 heavy (non-hydrogen) atoms. The molecular weight excluding hydrogens is 402 g/mol. The van der Waals surface area contributed by atoms with Gasteiger partial charge in [0.1, 0.15) is 0 Å². The van der Waals surface area contributed by atoms with E-state index in [0.29, 0.717) is 31.1 Å². The molecule has 0 radical (unpaired) electrons. The van der Waals surface area contributed by atoms with E-state index in [0.717, 1.165) is 35.3 Å². The van der Waals surface area contributed by atoms with Crippen LogP contribution >= 0.6 is 0 Å². The van der Waals surface area contributed by atoms with Gasteiger partial charge in [0.05, 0.1) is 31.1 Å². The van der Waals surface area contributed by atoms with Gasteiger partial charge in [-0.2, -0.15) is 0 Å². The van der Waals surface area contributed by atoms with Gasteiger partial charge in [-0.1, -0.05) is 23.8 Å². The van der Waals surface area contributed by atoms with E-state index >= 15 is 0 Å². The van der Waals surface area contributed by atoms with Crippen LogP contribution in [0.3, 0.4) is 0 Å². The van der Waals surface area contributed by atoms with Crippen LogP contribution in [0.2, 0.25) is 0 Å². The molecular formula is C26H29N3O3. The van der Waals surface area contributed by atoms with Gasteiger partial charge in [0.2, 0.25) is 6.41 Å². The molecule has 1 aromatic heterocycles. The Labute approximate surface area is 189 Å². The van der Waals surface area contributed by atoms with E-state index in [1.807, 2.05) is 17.9 Å². The summed E-state index contributed by atoms with van der Waals surface area (Å²) in [6, 6.07) is 10.3. The second kappa shape index (κ2) is 9.39. The quantitative estimate of drug-likeness (QED) is 0.526. The Bertz CT molecular complexity index is 1130. The minimum atomic E-state index is -0.146. The lowest BCUT2D eigenvalue weighted by molar-refractivity contribution is -0.119. The predicted molar refractivity (Wildman–Crippen MR) is 123 cm³/mol. The topological polar surface area (TPSA) is 64.6 Å². The highest BCUT2D eigenvalue weighted by atomic mass is 16.5. The first-order valence-corrected chi connectivity index (χ1v) is 10.9. The molecule has 4 rings (SSSR count). The van der Waals surface area contributed by atoms with E-state index in [1.165, 1.54) is 16.7 Å². The van der Waals surface area contributed by atoms with Crippen molar-refractivity contribution in [3.05, 3.63) is 81.9 Å². The van der Waals surface area contributed by atoms with Gasteiger partial charge < -0.3 is 14.4 Å². The second-order valence-electron chi connectivity index (χ2n) is 8.24. The van der Waals surface area contributed by atoms with Crippen LogP contribution in [0.5, 0.6) is 11.5 Å². The fraction of sp³-hybridized carbons (Fsp3) is 0.346. The molecule has 6 nitrogen and oxygen atoms in total. The molecule has 3 aromatic rings. The molecule has 0 bridgehead atoms. The normalized spacial score (nSPS) is 15.2. The number of aryl methyl sites for hydroxylation is 3. The minimum absolute atomic E-state index is 0.146. The summed E-state index contributed by atoms with van der Waals surface area (Å²) < 4.78 is 11.8. The lowest BCUT2D eigenvalue weighted by atomic mass is 9.86. The van der Waals surface area contributed by atoms with E-state index in [-0.39, 0.29) is 6.04 Å². The van der Waals surface area contributed by atoms with Gasteiger partial charge >= 0.3 is 0 Å². The molecule has 1 aliphatic heterocycles. The van der Waals surface area contributed by atoms with Crippen LogP contribution in [-0.2, 0) is 17.6 Å². The fourth-order valence-electron chi connectivity index (χ4n) is 4.45. The Morgan fingerprint density at radius 3 is 2.59 bits per heavy atom. The number of amides is 1. The maximum Gasteiger partial charge on any atom is 0.210 e. The Kier molecular flexibility index (Phi) is 6.40. The zero-order chi connectivity index (χ0) is 22.7. The molecule has 1 atom stereocenters. The molecule has 2 aromatic carbocycles. The van der Waals surface area contributed by atoms with Crippen LogP contribution in [0.15, 0.2) is 42.7 Å². The zero-order valence-electron chi connectivity index (χ0n) is 19.1. The first-order valence-electron chi connectivity index (χ1n) is 10.9. The number of ether oxygens (including phenoxy) is 2. The van der Waals surface area contributed by atoms with Crippen molar-refractivity contribution in [3.63, 3.8) is 0 Å². The van der Waals surface area contributed by atoms with E-state index in [2.05, 4.69) is 48.1 Å².